The van der Waals surface area contributed by atoms with Crippen LogP contribution in [0.15, 0.2) is 54.6 Å². The zero-order valence-corrected chi connectivity index (χ0v) is 18.2. The molecule has 0 heterocycles. The Balaban J connectivity index is 2.08. The Hall–Kier alpha value is -2.32. The van der Waals surface area contributed by atoms with E-state index >= 15 is 0 Å². The summed E-state index contributed by atoms with van der Waals surface area (Å²) in [6, 6.07) is 18.1. The Morgan fingerprint density at radius 1 is 0.933 bits per heavy atom. The van der Waals surface area contributed by atoms with E-state index in [1.165, 1.54) is 17.7 Å². The topological polar surface area (TPSA) is 27.0 Å². The number of halogens is 3. The monoisotopic (exact) mass is 416 g/mol. The minimum Gasteiger partial charge on any atom is -0.303 e. The number of hydrogen-bond acceptors (Lipinski definition) is 2. The molecule has 0 aliphatic rings. The number of nitrogens with zero attached hydrogens (tertiary/aromatic N) is 2. The Labute approximate surface area is 178 Å². The first-order valence-electron chi connectivity index (χ1n) is 10.4. The molecule has 0 bridgehead atoms. The predicted octanol–water partition coefficient (Wildman–Crippen LogP) is 6.47. The second-order valence-corrected chi connectivity index (χ2v) is 8.42. The van der Waals surface area contributed by atoms with Crippen LogP contribution < -0.4 is 0 Å². The first kappa shape index (κ1) is 24.0. The highest BCUT2D eigenvalue weighted by molar-refractivity contribution is 5.36. The van der Waals surface area contributed by atoms with Crippen molar-refractivity contribution in [2.24, 2.45) is 5.92 Å². The molecule has 0 aliphatic heterocycles. The molecule has 0 saturated heterocycles. The average molecular weight is 417 g/mol. The van der Waals surface area contributed by atoms with E-state index in [-0.39, 0.29) is 12.0 Å². The van der Waals surface area contributed by atoms with E-state index in [2.05, 4.69) is 37.1 Å². The minimum absolute atomic E-state index is 0.0129. The van der Waals surface area contributed by atoms with E-state index in [0.717, 1.165) is 31.5 Å². The van der Waals surface area contributed by atoms with Gasteiger partial charge in [0.25, 0.3) is 0 Å². The van der Waals surface area contributed by atoms with Crippen molar-refractivity contribution in [1.82, 2.24) is 4.90 Å². The van der Waals surface area contributed by atoms with Gasteiger partial charge >= 0.3 is 6.18 Å². The zero-order valence-electron chi connectivity index (χ0n) is 18.2. The van der Waals surface area contributed by atoms with Crippen molar-refractivity contribution in [1.29, 1.82) is 5.26 Å². The van der Waals surface area contributed by atoms with Gasteiger partial charge in [0.2, 0.25) is 0 Å². The van der Waals surface area contributed by atoms with Gasteiger partial charge < -0.3 is 4.90 Å². The van der Waals surface area contributed by atoms with Crippen LogP contribution in [-0.4, -0.2) is 24.5 Å². The van der Waals surface area contributed by atoms with Gasteiger partial charge in [-0.1, -0.05) is 56.3 Å². The number of alkyl halides is 3. The van der Waals surface area contributed by atoms with Crippen LogP contribution in [-0.2, 0) is 18.0 Å². The largest absolute Gasteiger partial charge is 0.416 e. The van der Waals surface area contributed by atoms with E-state index < -0.39 is 17.2 Å². The lowest BCUT2D eigenvalue weighted by molar-refractivity contribution is -0.137. The average Bonchev–Trinajstić information content (AvgIpc) is 2.72. The molecule has 0 aromatic heterocycles. The third kappa shape index (κ3) is 5.86. The second kappa shape index (κ2) is 10.1. The molecule has 0 N–H and O–H groups in total. The zero-order chi connectivity index (χ0) is 22.4. The smallest absolute Gasteiger partial charge is 0.303 e. The molecule has 2 atom stereocenters. The van der Waals surface area contributed by atoms with Crippen LogP contribution in [0.25, 0.3) is 0 Å². The maximum atomic E-state index is 12.9. The van der Waals surface area contributed by atoms with Gasteiger partial charge in [-0.05, 0) is 62.4 Å². The summed E-state index contributed by atoms with van der Waals surface area (Å²) in [4.78, 5) is 2.28. The van der Waals surface area contributed by atoms with Crippen molar-refractivity contribution in [3.8, 4) is 6.07 Å². The van der Waals surface area contributed by atoms with Crippen molar-refractivity contribution in [2.75, 3.05) is 13.6 Å². The summed E-state index contributed by atoms with van der Waals surface area (Å²) in [5.41, 5.74) is 0.455. The molecule has 0 radical (unpaired) electrons. The van der Waals surface area contributed by atoms with Gasteiger partial charge in [-0.3, -0.25) is 0 Å². The highest BCUT2D eigenvalue weighted by Crippen LogP contribution is 2.39. The first-order chi connectivity index (χ1) is 14.1. The lowest BCUT2D eigenvalue weighted by Crippen LogP contribution is -2.36. The molecule has 2 aromatic carbocycles. The van der Waals surface area contributed by atoms with Crippen LogP contribution in [0.1, 0.15) is 50.3 Å². The van der Waals surface area contributed by atoms with Crippen LogP contribution in [0.2, 0.25) is 0 Å². The fourth-order valence-electron chi connectivity index (χ4n) is 3.80. The number of rotatable bonds is 9. The first-order valence-corrected chi connectivity index (χ1v) is 10.4. The highest BCUT2D eigenvalue weighted by Gasteiger charge is 2.37. The minimum atomic E-state index is -4.37. The molecule has 2 aromatic rings. The van der Waals surface area contributed by atoms with Gasteiger partial charge in [0.05, 0.1) is 17.0 Å². The molecule has 0 spiro atoms. The summed E-state index contributed by atoms with van der Waals surface area (Å²) in [5.74, 6) is -0.0129. The Morgan fingerprint density at radius 3 is 2.00 bits per heavy atom. The second-order valence-electron chi connectivity index (χ2n) is 8.42. The molecule has 30 heavy (non-hydrogen) atoms. The van der Waals surface area contributed by atoms with Crippen molar-refractivity contribution in [3.63, 3.8) is 0 Å². The van der Waals surface area contributed by atoms with Crippen molar-refractivity contribution in [3.05, 3.63) is 71.3 Å². The van der Waals surface area contributed by atoms with Gasteiger partial charge in [-0.25, -0.2) is 0 Å². The number of benzene rings is 2. The normalized spacial score (nSPS) is 15.1. The van der Waals surface area contributed by atoms with Crippen LogP contribution in [0.3, 0.4) is 0 Å². The Kier molecular flexibility index (Phi) is 8.09. The number of likely N-dealkylation sites (N-methyl/N-ethyl adjacent to an activating group) is 1. The summed E-state index contributed by atoms with van der Waals surface area (Å²) in [7, 11) is 2.08. The molecule has 162 valence electrons. The fraction of sp³-hybridized carbons (Fsp3) is 0.480. The van der Waals surface area contributed by atoms with Crippen molar-refractivity contribution >= 4 is 0 Å². The van der Waals surface area contributed by atoms with Crippen molar-refractivity contribution in [2.45, 2.75) is 57.7 Å². The third-order valence-corrected chi connectivity index (χ3v) is 6.22. The molecule has 5 heteroatoms. The molecule has 0 fully saturated rings. The van der Waals surface area contributed by atoms with Crippen molar-refractivity contribution < 1.29 is 13.2 Å². The fourth-order valence-corrected chi connectivity index (χ4v) is 3.80. The van der Waals surface area contributed by atoms with Gasteiger partial charge in [-0.15, -0.1) is 0 Å². The Morgan fingerprint density at radius 2 is 1.50 bits per heavy atom. The SMILES string of the molecule is CC(CCC(C#N)(c1ccc(C(F)(F)F)cc1)C(C)C)N(C)CCc1ccccc1. The van der Waals surface area contributed by atoms with E-state index in [0.29, 0.717) is 12.0 Å². The maximum Gasteiger partial charge on any atom is 0.416 e. The summed E-state index contributed by atoms with van der Waals surface area (Å²) in [5, 5.41) is 10.0. The van der Waals surface area contributed by atoms with E-state index in [1.54, 1.807) is 0 Å². The number of nitriles is 1. The van der Waals surface area contributed by atoms with E-state index in [9.17, 15) is 18.4 Å². The Bertz CT molecular complexity index is 822. The lowest BCUT2D eigenvalue weighted by Gasteiger charge is -2.34. The summed E-state index contributed by atoms with van der Waals surface area (Å²) < 4.78 is 38.8. The summed E-state index contributed by atoms with van der Waals surface area (Å²) >= 11 is 0. The van der Waals surface area contributed by atoms with Gasteiger partial charge in [0, 0.05) is 12.6 Å². The number of hydrogen-bond donors (Lipinski definition) is 0. The lowest BCUT2D eigenvalue weighted by atomic mass is 9.69. The molecule has 2 rings (SSSR count). The molecule has 0 amide bonds. The molecular formula is C25H31F3N2. The summed E-state index contributed by atoms with van der Waals surface area (Å²) in [6.45, 7) is 6.97. The molecule has 0 saturated carbocycles. The molecule has 2 unspecified atom stereocenters. The van der Waals surface area contributed by atoms with Gasteiger partial charge in [0.15, 0.2) is 0 Å². The molecular weight excluding hydrogens is 385 g/mol. The molecule has 0 aliphatic carbocycles. The van der Waals surface area contributed by atoms with Crippen LogP contribution in [0.5, 0.6) is 0 Å². The molecule has 2 nitrogen and oxygen atoms in total. The van der Waals surface area contributed by atoms with Crippen LogP contribution in [0, 0.1) is 17.2 Å². The summed E-state index contributed by atoms with van der Waals surface area (Å²) in [6.07, 6.45) is -2.03. The quantitative estimate of drug-likeness (QED) is 0.469. The predicted molar refractivity (Wildman–Crippen MR) is 115 cm³/mol. The highest BCUT2D eigenvalue weighted by atomic mass is 19.4. The van der Waals surface area contributed by atoms with Gasteiger partial charge in [0.1, 0.15) is 0 Å². The van der Waals surface area contributed by atoms with Crippen LogP contribution in [0.4, 0.5) is 13.2 Å². The van der Waals surface area contributed by atoms with Crippen LogP contribution >= 0.6 is 0 Å². The van der Waals surface area contributed by atoms with E-state index in [4.69, 9.17) is 0 Å². The maximum absolute atomic E-state index is 12.9. The standard InChI is InChI=1S/C25H31F3N2/c1-19(2)24(18-29,22-10-12-23(13-11-22)25(26,27)28)16-14-20(3)30(4)17-15-21-8-6-5-7-9-21/h5-13,19-20H,14-17H2,1-4H3. The van der Waals surface area contributed by atoms with E-state index in [1.807, 2.05) is 32.0 Å². The van der Waals surface area contributed by atoms with Gasteiger partial charge in [-0.2, -0.15) is 18.4 Å². The third-order valence-electron chi connectivity index (χ3n) is 6.22.